The second-order valence-electron chi connectivity index (χ2n) is 9.89. The molecule has 0 atom stereocenters. The van der Waals surface area contributed by atoms with E-state index in [9.17, 15) is 4.79 Å². The summed E-state index contributed by atoms with van der Waals surface area (Å²) in [5.74, 6) is 3.66. The Bertz CT molecular complexity index is 933. The molecule has 0 N–H and O–H groups in total. The molecule has 0 aliphatic heterocycles. The Morgan fingerprint density at radius 2 is 1.58 bits per heavy atom. The SMILES string of the molecule is CCCCC1CCC(C2CCC(C(=O)Oc3ccc(-c4ncc(C#N)cn4)cc3)CC2)CC1. The van der Waals surface area contributed by atoms with E-state index in [4.69, 9.17) is 10.00 Å². The standard InChI is InChI=1S/C28H35N3O2/c1-2-3-4-20-5-7-22(8-6-20)23-9-11-25(12-10-23)28(32)33-26-15-13-24(14-16-26)27-30-18-21(17-29)19-31-27/h13-16,18-20,22-23,25H,2-12H2,1H3. The summed E-state index contributed by atoms with van der Waals surface area (Å²) >= 11 is 0. The monoisotopic (exact) mass is 445 g/mol. The molecule has 4 rings (SSSR count). The van der Waals surface area contributed by atoms with Crippen LogP contribution >= 0.6 is 0 Å². The second-order valence-corrected chi connectivity index (χ2v) is 9.89. The van der Waals surface area contributed by atoms with Crippen molar-refractivity contribution in [2.45, 2.75) is 77.6 Å². The Labute approximate surface area is 197 Å². The van der Waals surface area contributed by atoms with Gasteiger partial charge in [-0.15, -0.1) is 0 Å². The van der Waals surface area contributed by atoms with E-state index in [1.807, 2.05) is 18.2 Å². The van der Waals surface area contributed by atoms with Crippen LogP contribution in [0.5, 0.6) is 5.75 Å². The number of carbonyl (C=O) groups is 1. The molecule has 174 valence electrons. The molecule has 5 nitrogen and oxygen atoms in total. The molecule has 5 heteroatoms. The number of nitrogens with zero attached hydrogens (tertiary/aromatic N) is 3. The fourth-order valence-corrected chi connectivity index (χ4v) is 5.67. The van der Waals surface area contributed by atoms with Gasteiger partial charge in [-0.3, -0.25) is 4.79 Å². The first-order valence-corrected chi connectivity index (χ1v) is 12.7. The smallest absolute Gasteiger partial charge is 0.314 e. The molecule has 0 radical (unpaired) electrons. The minimum absolute atomic E-state index is 0.0173. The van der Waals surface area contributed by atoms with E-state index in [0.29, 0.717) is 17.1 Å². The third kappa shape index (κ3) is 6.19. The van der Waals surface area contributed by atoms with Crippen LogP contribution in [0.1, 0.15) is 83.1 Å². The van der Waals surface area contributed by atoms with Crippen LogP contribution in [0, 0.1) is 35.0 Å². The van der Waals surface area contributed by atoms with Crippen LogP contribution in [-0.2, 0) is 4.79 Å². The Hall–Kier alpha value is -2.74. The van der Waals surface area contributed by atoms with Gasteiger partial charge in [0.15, 0.2) is 5.82 Å². The van der Waals surface area contributed by atoms with E-state index in [1.165, 1.54) is 70.2 Å². The number of nitriles is 1. The first-order valence-electron chi connectivity index (χ1n) is 12.7. The summed E-state index contributed by atoms with van der Waals surface area (Å²) in [5, 5.41) is 8.86. The van der Waals surface area contributed by atoms with Gasteiger partial charge in [-0.25, -0.2) is 9.97 Å². The second kappa shape index (κ2) is 11.4. The topological polar surface area (TPSA) is 75.9 Å². The Morgan fingerprint density at radius 3 is 2.15 bits per heavy atom. The van der Waals surface area contributed by atoms with Gasteiger partial charge in [0.1, 0.15) is 11.8 Å². The van der Waals surface area contributed by atoms with Crippen molar-refractivity contribution >= 4 is 5.97 Å². The third-order valence-electron chi connectivity index (χ3n) is 7.74. The fraction of sp³-hybridized carbons (Fsp3) is 0.571. The number of hydrogen-bond acceptors (Lipinski definition) is 5. The normalized spacial score (nSPS) is 25.2. The van der Waals surface area contributed by atoms with Crippen molar-refractivity contribution in [1.29, 1.82) is 5.26 Å². The Kier molecular flexibility index (Phi) is 8.10. The molecule has 1 aromatic heterocycles. The third-order valence-corrected chi connectivity index (χ3v) is 7.74. The summed E-state index contributed by atoms with van der Waals surface area (Å²) in [5.41, 5.74) is 1.25. The summed E-state index contributed by atoms with van der Waals surface area (Å²) in [4.78, 5) is 21.2. The van der Waals surface area contributed by atoms with E-state index in [1.54, 1.807) is 12.1 Å². The number of benzene rings is 1. The van der Waals surface area contributed by atoms with Crippen molar-refractivity contribution in [2.24, 2.45) is 23.7 Å². The van der Waals surface area contributed by atoms with E-state index < -0.39 is 0 Å². The number of aromatic nitrogens is 2. The highest BCUT2D eigenvalue weighted by molar-refractivity contribution is 5.75. The lowest BCUT2D eigenvalue weighted by molar-refractivity contribution is -0.140. The fourth-order valence-electron chi connectivity index (χ4n) is 5.67. The molecular formula is C28H35N3O2. The summed E-state index contributed by atoms with van der Waals surface area (Å²) in [7, 11) is 0. The number of hydrogen-bond donors (Lipinski definition) is 0. The summed E-state index contributed by atoms with van der Waals surface area (Å²) < 4.78 is 5.69. The molecule has 2 aliphatic rings. The van der Waals surface area contributed by atoms with Crippen LogP contribution in [0.15, 0.2) is 36.7 Å². The van der Waals surface area contributed by atoms with E-state index in [0.717, 1.165) is 36.2 Å². The summed E-state index contributed by atoms with van der Waals surface area (Å²) in [6.07, 6.45) is 17.0. The van der Waals surface area contributed by atoms with Crippen molar-refractivity contribution in [3.05, 3.63) is 42.2 Å². The first-order chi connectivity index (χ1) is 16.2. The molecular weight excluding hydrogens is 410 g/mol. The van der Waals surface area contributed by atoms with E-state index >= 15 is 0 Å². The van der Waals surface area contributed by atoms with Gasteiger partial charge in [0.05, 0.1) is 11.5 Å². The van der Waals surface area contributed by atoms with Gasteiger partial charge in [0.25, 0.3) is 0 Å². The van der Waals surface area contributed by atoms with Crippen LogP contribution in [0.2, 0.25) is 0 Å². The molecule has 0 saturated heterocycles. The lowest BCUT2D eigenvalue weighted by Crippen LogP contribution is -2.30. The minimum atomic E-state index is -0.0981. The zero-order chi connectivity index (χ0) is 23.0. The Morgan fingerprint density at radius 1 is 0.970 bits per heavy atom. The van der Waals surface area contributed by atoms with Crippen LogP contribution in [0.4, 0.5) is 0 Å². The average molecular weight is 446 g/mol. The first kappa shape index (κ1) is 23.4. The van der Waals surface area contributed by atoms with Gasteiger partial charge in [-0.2, -0.15) is 5.26 Å². The molecule has 1 heterocycles. The van der Waals surface area contributed by atoms with Crippen molar-refractivity contribution in [2.75, 3.05) is 0 Å². The average Bonchev–Trinajstić information content (AvgIpc) is 2.88. The maximum Gasteiger partial charge on any atom is 0.314 e. The van der Waals surface area contributed by atoms with Gasteiger partial charge in [0.2, 0.25) is 0 Å². The van der Waals surface area contributed by atoms with E-state index in [2.05, 4.69) is 16.9 Å². The number of esters is 1. The highest BCUT2D eigenvalue weighted by atomic mass is 16.5. The summed E-state index contributed by atoms with van der Waals surface area (Å²) in [6.45, 7) is 2.29. The summed E-state index contributed by atoms with van der Waals surface area (Å²) in [6, 6.07) is 9.28. The van der Waals surface area contributed by atoms with E-state index in [-0.39, 0.29) is 11.9 Å². The molecule has 0 spiro atoms. The quantitative estimate of drug-likeness (QED) is 0.349. The predicted molar refractivity (Wildman–Crippen MR) is 128 cm³/mol. The number of rotatable bonds is 7. The van der Waals surface area contributed by atoms with Crippen molar-refractivity contribution in [3.63, 3.8) is 0 Å². The van der Waals surface area contributed by atoms with Crippen molar-refractivity contribution < 1.29 is 9.53 Å². The molecule has 0 unspecified atom stereocenters. The van der Waals surface area contributed by atoms with Gasteiger partial charge < -0.3 is 4.74 Å². The van der Waals surface area contributed by atoms with Gasteiger partial charge in [-0.1, -0.05) is 39.0 Å². The van der Waals surface area contributed by atoms with Gasteiger partial charge in [0, 0.05) is 18.0 Å². The minimum Gasteiger partial charge on any atom is -0.426 e. The number of carbonyl (C=O) groups excluding carboxylic acids is 1. The Balaban J connectivity index is 1.23. The van der Waals surface area contributed by atoms with Crippen molar-refractivity contribution in [3.8, 4) is 23.2 Å². The zero-order valence-corrected chi connectivity index (χ0v) is 19.7. The molecule has 2 aliphatic carbocycles. The highest BCUT2D eigenvalue weighted by Gasteiger charge is 2.33. The molecule has 1 aromatic carbocycles. The maximum atomic E-state index is 12.7. The molecule has 2 fully saturated rings. The molecule has 2 saturated carbocycles. The molecule has 33 heavy (non-hydrogen) atoms. The van der Waals surface area contributed by atoms with Gasteiger partial charge in [-0.05, 0) is 80.5 Å². The van der Waals surface area contributed by atoms with Crippen LogP contribution < -0.4 is 4.74 Å². The number of unbranched alkanes of at least 4 members (excludes halogenated alkanes) is 1. The van der Waals surface area contributed by atoms with Crippen LogP contribution in [0.3, 0.4) is 0 Å². The number of ether oxygens (including phenoxy) is 1. The molecule has 0 bridgehead atoms. The van der Waals surface area contributed by atoms with Crippen molar-refractivity contribution in [1.82, 2.24) is 9.97 Å². The van der Waals surface area contributed by atoms with Gasteiger partial charge >= 0.3 is 5.97 Å². The molecule has 0 amide bonds. The largest absolute Gasteiger partial charge is 0.426 e. The lowest BCUT2D eigenvalue weighted by atomic mass is 9.68. The lowest BCUT2D eigenvalue weighted by Gasteiger charge is -2.37. The highest BCUT2D eigenvalue weighted by Crippen LogP contribution is 2.42. The maximum absolute atomic E-state index is 12.7. The van der Waals surface area contributed by atoms with Crippen LogP contribution in [-0.4, -0.2) is 15.9 Å². The van der Waals surface area contributed by atoms with Crippen LogP contribution in [0.25, 0.3) is 11.4 Å². The molecule has 2 aromatic rings. The predicted octanol–water partition coefficient (Wildman–Crippen LogP) is 6.72. The zero-order valence-electron chi connectivity index (χ0n) is 19.7.